The number of hydrogen-bond acceptors (Lipinski definition) is 8. The van der Waals surface area contributed by atoms with Crippen LogP contribution >= 0.6 is 11.8 Å². The Morgan fingerprint density at radius 2 is 1.88 bits per heavy atom. The molecule has 1 saturated heterocycles. The highest BCUT2D eigenvalue weighted by Crippen LogP contribution is 2.32. The molecule has 0 aliphatic carbocycles. The zero-order valence-corrected chi connectivity index (χ0v) is 18.6. The number of methoxy groups -OCH3 is 1. The SMILES string of the molecule is COc1ccc(C=C2SC(=O)N(CCNC(=O)CCNc3ccccc3[N+](=O)[O-])C2=O)cc1. The van der Waals surface area contributed by atoms with Crippen LogP contribution in [0, 0.1) is 10.1 Å². The second-order valence-corrected chi connectivity index (χ2v) is 7.90. The molecule has 1 aliphatic rings. The Labute approximate surface area is 194 Å². The van der Waals surface area contributed by atoms with E-state index >= 15 is 0 Å². The zero-order chi connectivity index (χ0) is 23.8. The lowest BCUT2D eigenvalue weighted by atomic mass is 10.2. The highest BCUT2D eigenvalue weighted by Gasteiger charge is 2.34. The van der Waals surface area contributed by atoms with Crippen molar-refractivity contribution in [3.63, 3.8) is 0 Å². The minimum atomic E-state index is -0.498. The summed E-state index contributed by atoms with van der Waals surface area (Å²) in [6.07, 6.45) is 1.71. The summed E-state index contributed by atoms with van der Waals surface area (Å²) in [5, 5.41) is 16.1. The van der Waals surface area contributed by atoms with Gasteiger partial charge in [-0.05, 0) is 41.6 Å². The van der Waals surface area contributed by atoms with E-state index in [1.807, 2.05) is 0 Å². The minimum Gasteiger partial charge on any atom is -0.497 e. The number of carbonyl (C=O) groups is 3. The summed E-state index contributed by atoms with van der Waals surface area (Å²) in [5.41, 5.74) is 1.03. The van der Waals surface area contributed by atoms with Gasteiger partial charge in [-0.15, -0.1) is 0 Å². The third-order valence-electron chi connectivity index (χ3n) is 4.71. The Morgan fingerprint density at radius 1 is 1.15 bits per heavy atom. The number of benzene rings is 2. The molecule has 0 unspecified atom stereocenters. The van der Waals surface area contributed by atoms with Crippen molar-refractivity contribution in [2.45, 2.75) is 6.42 Å². The molecule has 33 heavy (non-hydrogen) atoms. The second kappa shape index (κ2) is 11.1. The average molecular weight is 471 g/mol. The van der Waals surface area contributed by atoms with Crippen LogP contribution in [0.15, 0.2) is 53.4 Å². The van der Waals surface area contributed by atoms with Crippen molar-refractivity contribution in [2.24, 2.45) is 0 Å². The van der Waals surface area contributed by atoms with Crippen LogP contribution < -0.4 is 15.4 Å². The fourth-order valence-electron chi connectivity index (χ4n) is 3.03. The molecule has 0 aromatic heterocycles. The summed E-state index contributed by atoms with van der Waals surface area (Å²) in [5.74, 6) is -0.0249. The van der Waals surface area contributed by atoms with Crippen LogP contribution in [0.1, 0.15) is 12.0 Å². The van der Waals surface area contributed by atoms with E-state index in [-0.39, 0.29) is 37.6 Å². The van der Waals surface area contributed by atoms with Gasteiger partial charge < -0.3 is 15.4 Å². The fourth-order valence-corrected chi connectivity index (χ4v) is 3.90. The molecule has 0 bridgehead atoms. The van der Waals surface area contributed by atoms with Crippen molar-refractivity contribution in [1.82, 2.24) is 10.2 Å². The van der Waals surface area contributed by atoms with Crippen LogP contribution in [0.3, 0.4) is 0 Å². The number of anilines is 1. The van der Waals surface area contributed by atoms with Crippen molar-refractivity contribution in [3.05, 3.63) is 69.1 Å². The first-order valence-electron chi connectivity index (χ1n) is 10.0. The van der Waals surface area contributed by atoms with E-state index in [4.69, 9.17) is 4.74 Å². The predicted molar refractivity (Wildman–Crippen MR) is 125 cm³/mol. The van der Waals surface area contributed by atoms with Crippen LogP contribution in [-0.2, 0) is 9.59 Å². The number of carbonyl (C=O) groups excluding carboxylic acids is 3. The molecular weight excluding hydrogens is 448 g/mol. The van der Waals surface area contributed by atoms with Crippen LogP contribution in [0.2, 0.25) is 0 Å². The fraction of sp³-hybridized carbons (Fsp3) is 0.227. The van der Waals surface area contributed by atoms with Gasteiger partial charge in [0.05, 0.1) is 16.9 Å². The summed E-state index contributed by atoms with van der Waals surface area (Å²) < 4.78 is 5.10. The largest absolute Gasteiger partial charge is 0.497 e. The summed E-state index contributed by atoms with van der Waals surface area (Å²) in [6, 6.07) is 13.3. The molecule has 0 spiro atoms. The lowest BCUT2D eigenvalue weighted by Gasteiger charge is -2.13. The normalized spacial score (nSPS) is 14.5. The zero-order valence-electron chi connectivity index (χ0n) is 17.8. The standard InChI is InChI=1S/C22H22N4O6S/c1-32-16-8-6-15(7-9-16)14-19-21(28)25(22(29)33-19)13-12-24-20(27)10-11-23-17-4-2-3-5-18(17)26(30)31/h2-9,14,23H,10-13H2,1H3,(H,24,27). The molecular formula is C22H22N4O6S. The number of nitro benzene ring substituents is 1. The van der Waals surface area contributed by atoms with E-state index < -0.39 is 16.1 Å². The van der Waals surface area contributed by atoms with Gasteiger partial charge in [0.1, 0.15) is 11.4 Å². The van der Waals surface area contributed by atoms with E-state index in [0.29, 0.717) is 16.3 Å². The lowest BCUT2D eigenvalue weighted by Crippen LogP contribution is -2.37. The smallest absolute Gasteiger partial charge is 0.293 e. The maximum absolute atomic E-state index is 12.5. The van der Waals surface area contributed by atoms with Crippen LogP contribution in [0.5, 0.6) is 5.75 Å². The number of para-hydroxylation sites is 2. The maximum Gasteiger partial charge on any atom is 0.293 e. The number of thioether (sulfide) groups is 1. The molecule has 1 fully saturated rings. The van der Waals surface area contributed by atoms with Gasteiger partial charge in [-0.3, -0.25) is 29.4 Å². The van der Waals surface area contributed by atoms with E-state index in [0.717, 1.165) is 22.2 Å². The first-order valence-corrected chi connectivity index (χ1v) is 10.8. The van der Waals surface area contributed by atoms with Crippen LogP contribution in [-0.4, -0.2) is 53.6 Å². The summed E-state index contributed by atoms with van der Waals surface area (Å²) in [7, 11) is 1.56. The highest BCUT2D eigenvalue weighted by atomic mass is 32.2. The molecule has 3 amide bonds. The first kappa shape index (κ1) is 23.8. The first-order chi connectivity index (χ1) is 15.9. The molecule has 2 aromatic carbocycles. The van der Waals surface area contributed by atoms with Gasteiger partial charge in [-0.2, -0.15) is 0 Å². The van der Waals surface area contributed by atoms with Gasteiger partial charge in [0.25, 0.3) is 16.8 Å². The van der Waals surface area contributed by atoms with Crippen molar-refractivity contribution < 1.29 is 24.0 Å². The molecule has 172 valence electrons. The number of nitro groups is 1. The monoisotopic (exact) mass is 470 g/mol. The van der Waals surface area contributed by atoms with Crippen LogP contribution in [0.4, 0.5) is 16.2 Å². The molecule has 1 aliphatic heterocycles. The predicted octanol–water partition coefficient (Wildman–Crippen LogP) is 3.26. The molecule has 2 aromatic rings. The Kier molecular flexibility index (Phi) is 8.03. The third-order valence-corrected chi connectivity index (χ3v) is 5.62. The second-order valence-electron chi connectivity index (χ2n) is 6.91. The van der Waals surface area contributed by atoms with E-state index in [9.17, 15) is 24.5 Å². The van der Waals surface area contributed by atoms with E-state index in [1.54, 1.807) is 55.7 Å². The Bertz CT molecular complexity index is 1090. The van der Waals surface area contributed by atoms with Gasteiger partial charge in [0, 0.05) is 32.1 Å². The number of ether oxygens (including phenoxy) is 1. The van der Waals surface area contributed by atoms with Crippen LogP contribution in [0.25, 0.3) is 6.08 Å². The Hall–Kier alpha value is -3.86. The Morgan fingerprint density at radius 3 is 2.58 bits per heavy atom. The van der Waals surface area contributed by atoms with Gasteiger partial charge in [-0.25, -0.2) is 0 Å². The van der Waals surface area contributed by atoms with Gasteiger partial charge in [0.15, 0.2) is 0 Å². The molecule has 10 nitrogen and oxygen atoms in total. The molecule has 2 N–H and O–H groups in total. The molecule has 0 saturated carbocycles. The number of nitrogens with one attached hydrogen (secondary N) is 2. The Balaban J connectivity index is 1.44. The van der Waals surface area contributed by atoms with E-state index in [1.165, 1.54) is 6.07 Å². The molecule has 0 atom stereocenters. The third kappa shape index (κ3) is 6.32. The number of amides is 3. The average Bonchev–Trinajstić information content (AvgIpc) is 3.07. The number of nitrogens with zero attached hydrogens (tertiary/aromatic N) is 2. The topological polar surface area (TPSA) is 131 Å². The van der Waals surface area contributed by atoms with Crippen molar-refractivity contribution in [3.8, 4) is 5.75 Å². The molecule has 3 rings (SSSR count). The molecule has 11 heteroatoms. The lowest BCUT2D eigenvalue weighted by molar-refractivity contribution is -0.384. The van der Waals surface area contributed by atoms with Gasteiger partial charge in [0.2, 0.25) is 5.91 Å². The van der Waals surface area contributed by atoms with Gasteiger partial charge in [-0.1, -0.05) is 24.3 Å². The van der Waals surface area contributed by atoms with Crippen molar-refractivity contribution in [2.75, 3.05) is 32.1 Å². The van der Waals surface area contributed by atoms with E-state index in [2.05, 4.69) is 10.6 Å². The summed E-state index contributed by atoms with van der Waals surface area (Å²) in [6.45, 7) is 0.356. The molecule has 0 radical (unpaired) electrons. The van der Waals surface area contributed by atoms with Crippen molar-refractivity contribution in [1.29, 1.82) is 0 Å². The number of rotatable bonds is 10. The highest BCUT2D eigenvalue weighted by molar-refractivity contribution is 8.18. The summed E-state index contributed by atoms with van der Waals surface area (Å²) >= 11 is 0.850. The minimum absolute atomic E-state index is 0.0495. The van der Waals surface area contributed by atoms with Crippen molar-refractivity contribution >= 4 is 46.3 Å². The molecule has 1 heterocycles. The summed E-state index contributed by atoms with van der Waals surface area (Å²) in [4.78, 5) is 48.7. The number of hydrogen-bond donors (Lipinski definition) is 2. The number of imide groups is 1. The van der Waals surface area contributed by atoms with Gasteiger partial charge >= 0.3 is 0 Å². The quantitative estimate of drug-likeness (QED) is 0.307. The maximum atomic E-state index is 12.5.